The SMILES string of the molecule is CNCCC(C)NCCCCOC(=O)c1cnc2ccc(-c3nc[nH]c3-c3cccc(C)n3)cc2c1. The van der Waals surface area contributed by atoms with Gasteiger partial charge in [0, 0.05) is 28.9 Å². The highest BCUT2D eigenvalue weighted by Gasteiger charge is 2.14. The zero-order valence-corrected chi connectivity index (χ0v) is 21.2. The third kappa shape index (κ3) is 6.53. The van der Waals surface area contributed by atoms with Gasteiger partial charge in [0.25, 0.3) is 0 Å². The van der Waals surface area contributed by atoms with E-state index in [1.807, 2.05) is 56.4 Å². The van der Waals surface area contributed by atoms with Crippen LogP contribution in [0.2, 0.25) is 0 Å². The van der Waals surface area contributed by atoms with E-state index in [4.69, 9.17) is 4.74 Å². The number of unbranched alkanes of at least 4 members (excludes halogenated alkanes) is 1. The van der Waals surface area contributed by atoms with Crippen molar-refractivity contribution in [2.75, 3.05) is 26.7 Å². The summed E-state index contributed by atoms with van der Waals surface area (Å²) in [5, 5.41) is 7.50. The molecule has 188 valence electrons. The van der Waals surface area contributed by atoms with E-state index in [1.165, 1.54) is 0 Å². The molecular weight excluding hydrogens is 452 g/mol. The Morgan fingerprint density at radius 2 is 2.00 bits per heavy atom. The number of aromatic nitrogens is 4. The van der Waals surface area contributed by atoms with Crippen molar-refractivity contribution in [3.05, 3.63) is 66.2 Å². The highest BCUT2D eigenvalue weighted by Crippen LogP contribution is 2.30. The van der Waals surface area contributed by atoms with Crippen LogP contribution in [0.1, 0.15) is 42.2 Å². The van der Waals surface area contributed by atoms with Crippen LogP contribution in [0.15, 0.2) is 55.0 Å². The Bertz CT molecular complexity index is 1300. The van der Waals surface area contributed by atoms with E-state index in [0.717, 1.165) is 71.6 Å². The number of aryl methyl sites for hydroxylation is 1. The number of rotatable bonds is 12. The normalized spacial score (nSPS) is 12.1. The van der Waals surface area contributed by atoms with Gasteiger partial charge in [-0.25, -0.2) is 9.78 Å². The first kappa shape index (κ1) is 25.5. The van der Waals surface area contributed by atoms with Gasteiger partial charge in [-0.15, -0.1) is 0 Å². The van der Waals surface area contributed by atoms with Crippen LogP contribution in [0, 0.1) is 6.92 Å². The minimum Gasteiger partial charge on any atom is -0.462 e. The second-order valence-electron chi connectivity index (χ2n) is 9.01. The summed E-state index contributed by atoms with van der Waals surface area (Å²) in [5.74, 6) is -0.352. The number of pyridine rings is 2. The number of hydrogen-bond donors (Lipinski definition) is 3. The fourth-order valence-corrected chi connectivity index (χ4v) is 4.07. The van der Waals surface area contributed by atoms with Crippen molar-refractivity contribution >= 4 is 16.9 Å². The Hall–Kier alpha value is -3.62. The molecule has 0 amide bonds. The van der Waals surface area contributed by atoms with Gasteiger partial charge in [0.1, 0.15) is 0 Å². The third-order valence-electron chi connectivity index (χ3n) is 6.10. The fourth-order valence-electron chi connectivity index (χ4n) is 4.07. The lowest BCUT2D eigenvalue weighted by molar-refractivity contribution is 0.0498. The molecular formula is C28H34N6O2. The molecule has 0 fully saturated rings. The van der Waals surface area contributed by atoms with Crippen molar-refractivity contribution in [3.63, 3.8) is 0 Å². The van der Waals surface area contributed by atoms with Crippen molar-refractivity contribution < 1.29 is 9.53 Å². The summed E-state index contributed by atoms with van der Waals surface area (Å²) in [5.41, 5.74) is 5.60. The van der Waals surface area contributed by atoms with Crippen LogP contribution in [0.25, 0.3) is 33.5 Å². The standard InChI is InChI=1S/C28H34N6O2/c1-19(11-13-29-3)30-12-4-5-14-36-28(35)23-16-22-15-21(9-10-24(22)31-17-23)26-27(33-18-32-26)25-8-6-7-20(2)34-25/h6-10,15-19,29-30H,4-5,11-14H2,1-3H3,(H,32,33). The highest BCUT2D eigenvalue weighted by atomic mass is 16.5. The molecule has 36 heavy (non-hydrogen) atoms. The topological polar surface area (TPSA) is 105 Å². The Morgan fingerprint density at radius 3 is 2.83 bits per heavy atom. The molecule has 0 saturated carbocycles. The molecule has 0 radical (unpaired) electrons. The van der Waals surface area contributed by atoms with Gasteiger partial charge < -0.3 is 20.4 Å². The number of aromatic amines is 1. The number of carbonyl (C=O) groups is 1. The lowest BCUT2D eigenvalue weighted by Gasteiger charge is -2.13. The van der Waals surface area contributed by atoms with Crippen molar-refractivity contribution in [1.29, 1.82) is 0 Å². The number of imidazole rings is 1. The maximum atomic E-state index is 12.6. The van der Waals surface area contributed by atoms with Crippen molar-refractivity contribution in [3.8, 4) is 22.6 Å². The maximum Gasteiger partial charge on any atom is 0.339 e. The first-order chi connectivity index (χ1) is 17.5. The van der Waals surface area contributed by atoms with Gasteiger partial charge in [-0.1, -0.05) is 12.1 Å². The number of fused-ring (bicyclic) bond motifs is 1. The van der Waals surface area contributed by atoms with E-state index in [2.05, 4.69) is 37.5 Å². The molecule has 8 nitrogen and oxygen atoms in total. The summed E-state index contributed by atoms with van der Waals surface area (Å²) < 4.78 is 5.50. The molecule has 0 aliphatic rings. The monoisotopic (exact) mass is 486 g/mol. The summed E-state index contributed by atoms with van der Waals surface area (Å²) >= 11 is 0. The Morgan fingerprint density at radius 1 is 1.11 bits per heavy atom. The fraction of sp³-hybridized carbons (Fsp3) is 0.357. The van der Waals surface area contributed by atoms with Crippen LogP contribution in [-0.2, 0) is 4.74 Å². The first-order valence-corrected chi connectivity index (χ1v) is 12.5. The molecule has 0 saturated heterocycles. The average Bonchev–Trinajstić information content (AvgIpc) is 3.39. The molecule has 3 heterocycles. The number of carbonyl (C=O) groups excluding carboxylic acids is 1. The van der Waals surface area contributed by atoms with Crippen LogP contribution in [0.4, 0.5) is 0 Å². The lowest BCUT2D eigenvalue weighted by atomic mass is 10.0. The number of nitrogens with zero attached hydrogens (tertiary/aromatic N) is 3. The second-order valence-corrected chi connectivity index (χ2v) is 9.01. The maximum absolute atomic E-state index is 12.6. The molecule has 0 spiro atoms. The predicted octanol–water partition coefficient (Wildman–Crippen LogP) is 4.52. The van der Waals surface area contributed by atoms with Gasteiger partial charge in [0.15, 0.2) is 0 Å². The molecule has 1 atom stereocenters. The molecule has 8 heteroatoms. The summed E-state index contributed by atoms with van der Waals surface area (Å²) in [7, 11) is 1.96. The molecule has 1 aromatic carbocycles. The minimum absolute atomic E-state index is 0.352. The Labute approximate surface area is 211 Å². The molecule has 0 bridgehead atoms. The summed E-state index contributed by atoms with van der Waals surface area (Å²) in [6.45, 7) is 6.45. The summed E-state index contributed by atoms with van der Waals surface area (Å²) in [6, 6.07) is 14.1. The average molecular weight is 487 g/mol. The largest absolute Gasteiger partial charge is 0.462 e. The lowest BCUT2D eigenvalue weighted by Crippen LogP contribution is -2.30. The van der Waals surface area contributed by atoms with E-state index in [-0.39, 0.29) is 5.97 Å². The molecule has 3 N–H and O–H groups in total. The number of benzene rings is 1. The molecule has 0 aliphatic carbocycles. The predicted molar refractivity (Wildman–Crippen MR) is 143 cm³/mol. The molecule has 4 aromatic rings. The van der Waals surface area contributed by atoms with Crippen molar-refractivity contribution in [2.45, 2.75) is 39.2 Å². The molecule has 0 aliphatic heterocycles. The van der Waals surface area contributed by atoms with E-state index >= 15 is 0 Å². The molecule has 4 rings (SSSR count). The van der Waals surface area contributed by atoms with E-state index in [0.29, 0.717) is 18.2 Å². The summed E-state index contributed by atoms with van der Waals surface area (Å²) in [4.78, 5) is 29.4. The Balaban J connectivity index is 1.38. The third-order valence-corrected chi connectivity index (χ3v) is 6.10. The van der Waals surface area contributed by atoms with E-state index in [9.17, 15) is 4.79 Å². The van der Waals surface area contributed by atoms with Crippen LogP contribution in [0.3, 0.4) is 0 Å². The first-order valence-electron chi connectivity index (χ1n) is 12.5. The van der Waals surface area contributed by atoms with Crippen molar-refractivity contribution in [1.82, 2.24) is 30.6 Å². The van der Waals surface area contributed by atoms with Gasteiger partial charge in [-0.3, -0.25) is 9.97 Å². The van der Waals surface area contributed by atoms with Crippen LogP contribution in [-0.4, -0.2) is 58.7 Å². The number of H-pyrrole nitrogens is 1. The quantitative estimate of drug-likeness (QED) is 0.200. The zero-order valence-electron chi connectivity index (χ0n) is 21.2. The Kier molecular flexibility index (Phi) is 8.76. The second kappa shape index (κ2) is 12.4. The zero-order chi connectivity index (χ0) is 25.3. The van der Waals surface area contributed by atoms with Gasteiger partial charge in [0.2, 0.25) is 0 Å². The smallest absolute Gasteiger partial charge is 0.339 e. The van der Waals surface area contributed by atoms with Gasteiger partial charge >= 0.3 is 5.97 Å². The number of nitrogens with one attached hydrogen (secondary N) is 3. The number of hydrogen-bond acceptors (Lipinski definition) is 7. The van der Waals surface area contributed by atoms with E-state index in [1.54, 1.807) is 12.5 Å². The minimum atomic E-state index is -0.352. The van der Waals surface area contributed by atoms with E-state index < -0.39 is 0 Å². The summed E-state index contributed by atoms with van der Waals surface area (Å²) in [6.07, 6.45) is 6.11. The number of esters is 1. The van der Waals surface area contributed by atoms with Gasteiger partial charge in [-0.2, -0.15) is 0 Å². The number of ether oxygens (including phenoxy) is 1. The molecule has 3 aromatic heterocycles. The van der Waals surface area contributed by atoms with Crippen molar-refractivity contribution in [2.24, 2.45) is 0 Å². The van der Waals surface area contributed by atoms with Gasteiger partial charge in [-0.05, 0) is 83.6 Å². The molecule has 1 unspecified atom stereocenters. The van der Waals surface area contributed by atoms with Crippen LogP contribution < -0.4 is 10.6 Å². The highest BCUT2D eigenvalue weighted by molar-refractivity contribution is 5.95. The van der Waals surface area contributed by atoms with Crippen LogP contribution >= 0.6 is 0 Å². The van der Waals surface area contributed by atoms with Gasteiger partial charge in [0.05, 0.1) is 41.1 Å². The van der Waals surface area contributed by atoms with Crippen LogP contribution in [0.5, 0.6) is 0 Å².